The summed E-state index contributed by atoms with van der Waals surface area (Å²) in [6.07, 6.45) is 18.3. The van der Waals surface area contributed by atoms with Crippen LogP contribution in [0.3, 0.4) is 0 Å². The average molecular weight is 624 g/mol. The molecule has 2 unspecified atom stereocenters. The van der Waals surface area contributed by atoms with Gasteiger partial charge in [0.15, 0.2) is 6.10 Å². The normalized spacial score (nSPS) is 15.4. The summed E-state index contributed by atoms with van der Waals surface area (Å²) in [4.78, 5) is 26.3. The van der Waals surface area contributed by atoms with Crippen molar-refractivity contribution in [3.8, 4) is 5.75 Å². The fourth-order valence-electron chi connectivity index (χ4n) is 5.83. The van der Waals surface area contributed by atoms with Crippen LogP contribution in [0.15, 0.2) is 41.5 Å². The predicted molar refractivity (Wildman–Crippen MR) is 184 cm³/mol. The zero-order valence-electron chi connectivity index (χ0n) is 27.7. The SMILES string of the molecule is CCCCCCCCCCCCCCCc1cccc(OC(CC)C(=O)NC2=NN(c3c(C)cc(C)cc3Cl)C(=O)C2C)c1. The van der Waals surface area contributed by atoms with Gasteiger partial charge in [-0.3, -0.25) is 9.59 Å². The van der Waals surface area contributed by atoms with Gasteiger partial charge in [-0.1, -0.05) is 121 Å². The van der Waals surface area contributed by atoms with E-state index in [0.29, 0.717) is 28.7 Å². The van der Waals surface area contributed by atoms with Crippen molar-refractivity contribution in [2.24, 2.45) is 11.0 Å². The van der Waals surface area contributed by atoms with Crippen LogP contribution >= 0.6 is 11.6 Å². The van der Waals surface area contributed by atoms with Crippen LogP contribution in [0.4, 0.5) is 5.69 Å². The lowest BCUT2D eigenvalue weighted by Crippen LogP contribution is -2.43. The number of rotatable bonds is 19. The highest BCUT2D eigenvalue weighted by Gasteiger charge is 2.37. The first-order valence-corrected chi connectivity index (χ1v) is 17.4. The highest BCUT2D eigenvalue weighted by Crippen LogP contribution is 2.34. The quantitative estimate of drug-likeness (QED) is 0.158. The van der Waals surface area contributed by atoms with Crippen LogP contribution in [0.1, 0.15) is 127 Å². The molecule has 2 amide bonds. The maximum Gasteiger partial charge on any atom is 0.266 e. The molecule has 0 bridgehead atoms. The molecule has 0 radical (unpaired) electrons. The zero-order valence-corrected chi connectivity index (χ0v) is 28.5. The number of hydrogen-bond donors (Lipinski definition) is 1. The molecule has 7 heteroatoms. The van der Waals surface area contributed by atoms with Gasteiger partial charge in [-0.15, -0.1) is 0 Å². The minimum absolute atomic E-state index is 0.232. The van der Waals surface area contributed by atoms with E-state index in [1.54, 1.807) is 6.92 Å². The van der Waals surface area contributed by atoms with Gasteiger partial charge in [0, 0.05) is 0 Å². The van der Waals surface area contributed by atoms with E-state index in [1.807, 2.05) is 51.1 Å². The molecule has 1 heterocycles. The third-order valence-electron chi connectivity index (χ3n) is 8.47. The average Bonchev–Trinajstić information content (AvgIpc) is 3.26. The van der Waals surface area contributed by atoms with Crippen molar-refractivity contribution in [3.63, 3.8) is 0 Å². The summed E-state index contributed by atoms with van der Waals surface area (Å²) in [5.41, 5.74) is 3.62. The fourth-order valence-corrected chi connectivity index (χ4v) is 6.23. The number of aryl methyl sites for hydroxylation is 3. The van der Waals surface area contributed by atoms with Gasteiger partial charge in [0.2, 0.25) is 0 Å². The molecule has 1 N–H and O–H groups in total. The molecule has 0 aliphatic carbocycles. The minimum atomic E-state index is -0.703. The molecule has 1 aliphatic rings. The van der Waals surface area contributed by atoms with Crippen molar-refractivity contribution >= 4 is 34.9 Å². The van der Waals surface area contributed by atoms with Gasteiger partial charge in [0.05, 0.1) is 16.6 Å². The van der Waals surface area contributed by atoms with Gasteiger partial charge in [0.25, 0.3) is 11.8 Å². The van der Waals surface area contributed by atoms with Crippen LogP contribution < -0.4 is 15.1 Å². The number of halogens is 1. The molecule has 2 aromatic carbocycles. The Bertz CT molecular complexity index is 1220. The molecule has 44 heavy (non-hydrogen) atoms. The minimum Gasteiger partial charge on any atom is -0.481 e. The number of ether oxygens (including phenoxy) is 1. The second kappa shape index (κ2) is 18.8. The van der Waals surface area contributed by atoms with E-state index in [0.717, 1.165) is 24.0 Å². The van der Waals surface area contributed by atoms with E-state index in [1.165, 1.54) is 87.6 Å². The van der Waals surface area contributed by atoms with Crippen molar-refractivity contribution < 1.29 is 14.3 Å². The Morgan fingerprint density at radius 1 is 0.932 bits per heavy atom. The largest absolute Gasteiger partial charge is 0.481 e. The van der Waals surface area contributed by atoms with E-state index in [2.05, 4.69) is 23.4 Å². The van der Waals surface area contributed by atoms with Crippen LogP contribution in [-0.2, 0) is 16.0 Å². The molecule has 0 spiro atoms. The molecule has 0 fully saturated rings. The number of nitrogens with one attached hydrogen (secondary N) is 1. The number of benzene rings is 2. The summed E-state index contributed by atoms with van der Waals surface area (Å²) in [5, 5.41) is 9.08. The first-order valence-electron chi connectivity index (χ1n) is 17.0. The second-order valence-electron chi connectivity index (χ2n) is 12.4. The third kappa shape index (κ3) is 10.9. The summed E-state index contributed by atoms with van der Waals surface area (Å²) in [5.74, 6) is -0.170. The first-order chi connectivity index (χ1) is 21.2. The molecule has 2 atom stereocenters. The Kier molecular flexibility index (Phi) is 15.2. The molecule has 6 nitrogen and oxygen atoms in total. The van der Waals surface area contributed by atoms with Gasteiger partial charge >= 0.3 is 0 Å². The number of anilines is 1. The van der Waals surface area contributed by atoms with Gasteiger partial charge in [-0.05, 0) is 74.9 Å². The first kappa shape index (κ1) is 35.6. The third-order valence-corrected chi connectivity index (χ3v) is 8.76. The molecular formula is C37H54ClN3O3. The number of hydrogen-bond acceptors (Lipinski definition) is 4. The van der Waals surface area contributed by atoms with E-state index >= 15 is 0 Å². The number of nitrogens with zero attached hydrogens (tertiary/aromatic N) is 2. The van der Waals surface area contributed by atoms with Crippen molar-refractivity contribution in [3.05, 3.63) is 58.1 Å². The Morgan fingerprint density at radius 3 is 2.14 bits per heavy atom. The van der Waals surface area contributed by atoms with Crippen molar-refractivity contribution in [2.75, 3.05) is 5.01 Å². The molecule has 0 saturated carbocycles. The number of amidine groups is 1. The Morgan fingerprint density at radius 2 is 1.55 bits per heavy atom. The Hall–Kier alpha value is -2.86. The summed E-state index contributed by atoms with van der Waals surface area (Å²) in [6.45, 7) is 9.77. The van der Waals surface area contributed by atoms with Crippen molar-refractivity contribution in [2.45, 2.75) is 137 Å². The highest BCUT2D eigenvalue weighted by atomic mass is 35.5. The van der Waals surface area contributed by atoms with E-state index in [-0.39, 0.29) is 11.8 Å². The van der Waals surface area contributed by atoms with Crippen LogP contribution in [0.2, 0.25) is 5.02 Å². The topological polar surface area (TPSA) is 71.0 Å². The van der Waals surface area contributed by atoms with Crippen molar-refractivity contribution in [1.29, 1.82) is 0 Å². The van der Waals surface area contributed by atoms with E-state index in [4.69, 9.17) is 16.3 Å². The molecule has 3 rings (SSSR count). The monoisotopic (exact) mass is 623 g/mol. The predicted octanol–water partition coefficient (Wildman–Crippen LogP) is 9.86. The lowest BCUT2D eigenvalue weighted by molar-refractivity contribution is -0.126. The summed E-state index contributed by atoms with van der Waals surface area (Å²) >= 11 is 6.48. The van der Waals surface area contributed by atoms with Crippen LogP contribution in [-0.4, -0.2) is 23.8 Å². The zero-order chi connectivity index (χ0) is 31.9. The maximum absolute atomic E-state index is 13.2. The van der Waals surface area contributed by atoms with Gasteiger partial charge in [-0.2, -0.15) is 10.1 Å². The number of hydrazone groups is 1. The molecule has 1 aliphatic heterocycles. The maximum atomic E-state index is 13.2. The Labute approximate surface area is 271 Å². The van der Waals surface area contributed by atoms with Crippen LogP contribution in [0.5, 0.6) is 5.75 Å². The standard InChI is InChI=1S/C37H54ClN3O3/c1-6-8-9-10-11-12-13-14-15-16-17-18-19-21-30-22-20-23-31(26-30)44-33(7-2)36(42)39-35-29(5)37(43)41(40-35)34-28(4)24-27(3)25-32(34)38/h20,22-26,29,33H,6-19,21H2,1-5H3,(H,39,40,42). The second-order valence-corrected chi connectivity index (χ2v) is 12.8. The summed E-state index contributed by atoms with van der Waals surface area (Å²) < 4.78 is 6.13. The van der Waals surface area contributed by atoms with Crippen molar-refractivity contribution in [1.82, 2.24) is 5.32 Å². The molecule has 2 aromatic rings. The Balaban J connectivity index is 1.43. The van der Waals surface area contributed by atoms with Gasteiger partial charge in [0.1, 0.15) is 11.6 Å². The number of carbonyl (C=O) groups is 2. The lowest BCUT2D eigenvalue weighted by atomic mass is 10.0. The number of unbranched alkanes of at least 4 members (excludes halogenated alkanes) is 12. The van der Waals surface area contributed by atoms with E-state index in [9.17, 15) is 9.59 Å². The van der Waals surface area contributed by atoms with E-state index < -0.39 is 12.0 Å². The van der Waals surface area contributed by atoms with Crippen LogP contribution in [0, 0.1) is 19.8 Å². The number of amides is 2. The summed E-state index contributed by atoms with van der Waals surface area (Å²) in [6, 6.07) is 11.8. The number of carbonyl (C=O) groups excluding carboxylic acids is 2. The fraction of sp³-hybridized carbons (Fsp3) is 0.595. The van der Waals surface area contributed by atoms with Crippen LogP contribution in [0.25, 0.3) is 0 Å². The lowest BCUT2D eigenvalue weighted by Gasteiger charge is -2.18. The molecule has 0 saturated heterocycles. The highest BCUT2D eigenvalue weighted by molar-refractivity contribution is 6.34. The van der Waals surface area contributed by atoms with Gasteiger partial charge in [-0.25, -0.2) is 0 Å². The molecule has 0 aromatic heterocycles. The smallest absolute Gasteiger partial charge is 0.266 e. The molecule has 242 valence electrons. The van der Waals surface area contributed by atoms with Gasteiger partial charge < -0.3 is 10.1 Å². The summed E-state index contributed by atoms with van der Waals surface area (Å²) in [7, 11) is 0. The molecular weight excluding hydrogens is 570 g/mol.